The Bertz CT molecular complexity index is 415. The van der Waals surface area contributed by atoms with Crippen molar-refractivity contribution < 1.29 is 9.59 Å². The van der Waals surface area contributed by atoms with Crippen LogP contribution in [0.5, 0.6) is 0 Å². The van der Waals surface area contributed by atoms with Crippen LogP contribution in [0.1, 0.15) is 25.5 Å². The third-order valence-corrected chi connectivity index (χ3v) is 2.49. The van der Waals surface area contributed by atoms with E-state index in [0.29, 0.717) is 5.56 Å². The maximum atomic E-state index is 11.8. The summed E-state index contributed by atoms with van der Waals surface area (Å²) in [6.45, 7) is 3.07. The van der Waals surface area contributed by atoms with Crippen molar-refractivity contribution in [1.29, 1.82) is 0 Å². The topological polar surface area (TPSA) is 98.2 Å². The Hall–Kier alpha value is -1.88. The molecule has 0 spiro atoms. The predicted molar refractivity (Wildman–Crippen MR) is 64.8 cm³/mol. The van der Waals surface area contributed by atoms with Crippen LogP contribution in [0, 0.1) is 0 Å². The summed E-state index contributed by atoms with van der Waals surface area (Å²) in [5, 5.41) is 2.52. The zero-order valence-electron chi connectivity index (χ0n) is 9.94. The van der Waals surface area contributed by atoms with E-state index >= 15 is 0 Å². The maximum absolute atomic E-state index is 11.8. The molecule has 5 nitrogen and oxygen atoms in total. The molecule has 1 rings (SSSR count). The highest BCUT2D eigenvalue weighted by atomic mass is 16.2. The minimum Gasteiger partial charge on any atom is -0.368 e. The Morgan fingerprint density at radius 3 is 2.24 bits per heavy atom. The Morgan fingerprint density at radius 1 is 1.24 bits per heavy atom. The van der Waals surface area contributed by atoms with E-state index in [1.54, 1.807) is 24.3 Å². The minimum atomic E-state index is -1.11. The van der Waals surface area contributed by atoms with E-state index < -0.39 is 23.4 Å². The number of carbonyl (C=O) groups is 2. The Labute approximate surface area is 100 Å². The number of nitrogens with one attached hydrogen (secondary N) is 1. The molecule has 1 aromatic rings. The normalized spacial score (nSPS) is 12.9. The molecule has 92 valence electrons. The summed E-state index contributed by atoms with van der Waals surface area (Å²) in [7, 11) is 0. The van der Waals surface area contributed by atoms with Gasteiger partial charge in [-0.1, -0.05) is 30.3 Å². The molecule has 0 aliphatic rings. The van der Waals surface area contributed by atoms with Crippen LogP contribution in [0.2, 0.25) is 0 Å². The van der Waals surface area contributed by atoms with Gasteiger partial charge in [-0.3, -0.25) is 9.59 Å². The lowest BCUT2D eigenvalue weighted by atomic mass is 10.0. The molecule has 5 heteroatoms. The van der Waals surface area contributed by atoms with E-state index in [1.807, 2.05) is 6.07 Å². The first kappa shape index (κ1) is 13.2. The minimum absolute atomic E-state index is 0.431. The van der Waals surface area contributed by atoms with Crippen molar-refractivity contribution in [3.8, 4) is 0 Å². The van der Waals surface area contributed by atoms with Crippen molar-refractivity contribution in [2.45, 2.75) is 25.4 Å². The van der Waals surface area contributed by atoms with Gasteiger partial charge in [0.05, 0.1) is 0 Å². The summed E-state index contributed by atoms with van der Waals surface area (Å²) in [6, 6.07) is 8.11. The quantitative estimate of drug-likeness (QED) is 0.688. The summed E-state index contributed by atoms with van der Waals surface area (Å²) in [5.74, 6) is -1.04. The molecular formula is C12H17N3O2. The highest BCUT2D eigenvalue weighted by Gasteiger charge is 2.29. The van der Waals surface area contributed by atoms with Crippen molar-refractivity contribution >= 4 is 11.8 Å². The molecule has 0 saturated heterocycles. The largest absolute Gasteiger partial charge is 0.368 e. The van der Waals surface area contributed by atoms with Gasteiger partial charge in [0, 0.05) is 0 Å². The Balaban J connectivity index is 2.75. The standard InChI is InChI=1S/C12H17N3O2/c1-12(2,11(14)17)15-10(16)9(13)8-6-4-3-5-7-8/h3-7,9H,13H2,1-2H3,(H2,14,17)(H,15,16)/t9-/m1/s1. The lowest BCUT2D eigenvalue weighted by Gasteiger charge is -2.24. The molecule has 0 heterocycles. The van der Waals surface area contributed by atoms with Crippen LogP contribution in [0.3, 0.4) is 0 Å². The van der Waals surface area contributed by atoms with Gasteiger partial charge in [-0.15, -0.1) is 0 Å². The Morgan fingerprint density at radius 2 is 1.76 bits per heavy atom. The first-order valence-corrected chi connectivity index (χ1v) is 5.27. The number of rotatable bonds is 4. The van der Waals surface area contributed by atoms with Crippen molar-refractivity contribution in [2.75, 3.05) is 0 Å². The molecule has 0 aliphatic heterocycles. The number of hydrogen-bond donors (Lipinski definition) is 3. The molecule has 0 aromatic heterocycles. The van der Waals surface area contributed by atoms with Gasteiger partial charge in [0.25, 0.3) is 0 Å². The summed E-state index contributed by atoms with van der Waals surface area (Å²) < 4.78 is 0. The van der Waals surface area contributed by atoms with Crippen LogP contribution in [-0.4, -0.2) is 17.4 Å². The number of carbonyl (C=O) groups excluding carboxylic acids is 2. The number of hydrogen-bond acceptors (Lipinski definition) is 3. The molecule has 0 aliphatic carbocycles. The van der Waals surface area contributed by atoms with E-state index in [2.05, 4.69) is 5.32 Å². The third-order valence-electron chi connectivity index (χ3n) is 2.49. The van der Waals surface area contributed by atoms with E-state index in [0.717, 1.165) is 0 Å². The SMILES string of the molecule is CC(C)(NC(=O)[C@H](N)c1ccccc1)C(N)=O. The van der Waals surface area contributed by atoms with Crippen LogP contribution in [0.15, 0.2) is 30.3 Å². The Kier molecular flexibility index (Phi) is 3.85. The molecule has 5 N–H and O–H groups in total. The lowest BCUT2D eigenvalue weighted by Crippen LogP contribution is -2.55. The first-order chi connectivity index (χ1) is 7.84. The highest BCUT2D eigenvalue weighted by molar-refractivity contribution is 5.91. The van der Waals surface area contributed by atoms with Crippen LogP contribution >= 0.6 is 0 Å². The van der Waals surface area contributed by atoms with Gasteiger partial charge in [-0.2, -0.15) is 0 Å². The zero-order valence-corrected chi connectivity index (χ0v) is 9.94. The van der Waals surface area contributed by atoms with Crippen molar-refractivity contribution in [3.63, 3.8) is 0 Å². The average molecular weight is 235 g/mol. The van der Waals surface area contributed by atoms with Crippen LogP contribution in [-0.2, 0) is 9.59 Å². The summed E-state index contributed by atoms with van der Waals surface area (Å²) in [6.07, 6.45) is 0. The van der Waals surface area contributed by atoms with Crippen LogP contribution in [0.4, 0.5) is 0 Å². The lowest BCUT2D eigenvalue weighted by molar-refractivity contribution is -0.131. The second kappa shape index (κ2) is 4.97. The van der Waals surface area contributed by atoms with E-state index in [9.17, 15) is 9.59 Å². The fourth-order valence-electron chi connectivity index (χ4n) is 1.26. The van der Waals surface area contributed by atoms with Gasteiger partial charge in [-0.05, 0) is 19.4 Å². The fraction of sp³-hybridized carbons (Fsp3) is 0.333. The molecule has 0 fully saturated rings. The smallest absolute Gasteiger partial charge is 0.242 e. The fourth-order valence-corrected chi connectivity index (χ4v) is 1.26. The molecule has 1 aromatic carbocycles. The number of primary amides is 1. The van der Waals surface area contributed by atoms with Crippen LogP contribution in [0.25, 0.3) is 0 Å². The van der Waals surface area contributed by atoms with Gasteiger partial charge in [0.1, 0.15) is 11.6 Å². The first-order valence-electron chi connectivity index (χ1n) is 5.27. The molecule has 2 amide bonds. The predicted octanol–water partition coefficient (Wildman–Crippen LogP) is 0.0665. The maximum Gasteiger partial charge on any atom is 0.242 e. The van der Waals surface area contributed by atoms with Gasteiger partial charge in [-0.25, -0.2) is 0 Å². The molecule has 1 atom stereocenters. The number of benzene rings is 1. The summed E-state index contributed by atoms with van der Waals surface area (Å²) in [4.78, 5) is 22.9. The monoisotopic (exact) mass is 235 g/mol. The van der Waals surface area contributed by atoms with E-state index in [-0.39, 0.29) is 0 Å². The number of nitrogens with two attached hydrogens (primary N) is 2. The van der Waals surface area contributed by atoms with Crippen molar-refractivity contribution in [1.82, 2.24) is 5.32 Å². The molecule has 0 unspecified atom stereocenters. The molecular weight excluding hydrogens is 218 g/mol. The van der Waals surface area contributed by atoms with Gasteiger partial charge >= 0.3 is 0 Å². The van der Waals surface area contributed by atoms with Crippen LogP contribution < -0.4 is 16.8 Å². The second-order valence-electron chi connectivity index (χ2n) is 4.37. The molecule has 17 heavy (non-hydrogen) atoms. The highest BCUT2D eigenvalue weighted by Crippen LogP contribution is 2.11. The second-order valence-corrected chi connectivity index (χ2v) is 4.37. The van der Waals surface area contributed by atoms with E-state index in [4.69, 9.17) is 11.5 Å². The summed E-state index contributed by atoms with van der Waals surface area (Å²) >= 11 is 0. The van der Waals surface area contributed by atoms with Gasteiger partial charge < -0.3 is 16.8 Å². The third kappa shape index (κ3) is 3.29. The van der Waals surface area contributed by atoms with E-state index in [1.165, 1.54) is 13.8 Å². The summed E-state index contributed by atoms with van der Waals surface area (Å²) in [5.41, 5.74) is 10.5. The molecule has 0 radical (unpaired) electrons. The van der Waals surface area contributed by atoms with Gasteiger partial charge in [0.2, 0.25) is 11.8 Å². The van der Waals surface area contributed by atoms with Crippen molar-refractivity contribution in [2.24, 2.45) is 11.5 Å². The zero-order chi connectivity index (χ0) is 13.1. The number of amides is 2. The van der Waals surface area contributed by atoms with Crippen molar-refractivity contribution in [3.05, 3.63) is 35.9 Å². The average Bonchev–Trinajstić information content (AvgIpc) is 2.28. The van der Waals surface area contributed by atoms with Gasteiger partial charge in [0.15, 0.2) is 0 Å². The molecule has 0 saturated carbocycles. The molecule has 0 bridgehead atoms.